The largest absolute Gasteiger partial charge is 0.495 e. The Morgan fingerprint density at radius 2 is 1.34 bits per heavy atom. The fraction of sp³-hybridized carbons (Fsp3) is 0.500. The zero-order chi connectivity index (χ0) is 27.7. The molecule has 4 rings (SSSR count). The average molecular weight is 577 g/mol. The molecule has 0 unspecified atom stereocenters. The van der Waals surface area contributed by atoms with E-state index in [1.165, 1.54) is 23.5 Å². The molecular weight excluding hydrogens is 545 g/mol. The number of ether oxygens (including phenoxy) is 1. The van der Waals surface area contributed by atoms with Crippen molar-refractivity contribution in [2.45, 2.75) is 22.9 Å². The Morgan fingerprint density at radius 1 is 0.789 bits per heavy atom. The summed E-state index contributed by atoms with van der Waals surface area (Å²) in [6.45, 7) is 5.41. The third-order valence-corrected chi connectivity index (χ3v) is 10.7. The molecule has 2 aliphatic heterocycles. The highest BCUT2D eigenvalue weighted by Gasteiger charge is 2.35. The molecule has 0 aliphatic carbocycles. The Bertz CT molecular complexity index is 1350. The molecule has 0 radical (unpaired) electrons. The van der Waals surface area contributed by atoms with Gasteiger partial charge in [-0.1, -0.05) is 13.0 Å². The maximum Gasteiger partial charge on any atom is 0.416 e. The zero-order valence-electron chi connectivity index (χ0n) is 21.2. The molecule has 2 aliphatic rings. The lowest BCUT2D eigenvalue weighted by Crippen LogP contribution is -2.49. The Labute approximate surface area is 221 Å². The van der Waals surface area contributed by atoms with Crippen molar-refractivity contribution in [1.29, 1.82) is 0 Å². The van der Waals surface area contributed by atoms with E-state index >= 15 is 0 Å². The fourth-order valence-electron chi connectivity index (χ4n) is 4.66. The van der Waals surface area contributed by atoms with Crippen molar-refractivity contribution in [1.82, 2.24) is 13.5 Å². The first-order valence-corrected chi connectivity index (χ1v) is 15.1. The van der Waals surface area contributed by atoms with Crippen molar-refractivity contribution in [3.63, 3.8) is 0 Å². The predicted molar refractivity (Wildman–Crippen MR) is 136 cm³/mol. The summed E-state index contributed by atoms with van der Waals surface area (Å²) in [7, 11) is -6.43. The van der Waals surface area contributed by atoms with Gasteiger partial charge in [-0.25, -0.2) is 16.8 Å². The quantitative estimate of drug-likeness (QED) is 0.501. The van der Waals surface area contributed by atoms with Crippen LogP contribution in [0.3, 0.4) is 0 Å². The number of rotatable bonds is 7. The number of hydrogen-bond donors (Lipinski definition) is 0. The molecule has 2 heterocycles. The van der Waals surface area contributed by atoms with E-state index in [1.54, 1.807) is 6.07 Å². The van der Waals surface area contributed by atoms with Gasteiger partial charge < -0.3 is 14.5 Å². The Kier molecular flexibility index (Phi) is 8.28. The summed E-state index contributed by atoms with van der Waals surface area (Å²) in [6.07, 6.45) is -4.66. The lowest BCUT2D eigenvalue weighted by Gasteiger charge is -2.36. The monoisotopic (exact) mass is 576 g/mol. The third kappa shape index (κ3) is 5.78. The van der Waals surface area contributed by atoms with Crippen LogP contribution < -0.4 is 9.64 Å². The highest BCUT2D eigenvalue weighted by molar-refractivity contribution is 7.89. The number of methoxy groups -OCH3 is 1. The summed E-state index contributed by atoms with van der Waals surface area (Å²) in [4.78, 5) is 3.70. The van der Waals surface area contributed by atoms with Gasteiger partial charge in [0.2, 0.25) is 20.0 Å². The Balaban J connectivity index is 1.52. The molecule has 0 N–H and O–H groups in total. The molecule has 14 heteroatoms. The zero-order valence-corrected chi connectivity index (χ0v) is 22.8. The molecule has 0 saturated carbocycles. The van der Waals surface area contributed by atoms with Crippen molar-refractivity contribution in [2.24, 2.45) is 0 Å². The second-order valence-corrected chi connectivity index (χ2v) is 13.0. The third-order valence-electron chi connectivity index (χ3n) is 6.95. The molecule has 0 atom stereocenters. The molecule has 2 saturated heterocycles. The number of alkyl halides is 3. The molecule has 0 bridgehead atoms. The SMILES string of the molecule is CCN1CCN(S(=O)(=O)c2ccc(OC)c(N3CCN(S(=O)(=O)c4cccc(C(F)(F)F)c4)CC3)c2)CC1. The van der Waals surface area contributed by atoms with Gasteiger partial charge in [-0.15, -0.1) is 0 Å². The summed E-state index contributed by atoms with van der Waals surface area (Å²) in [6, 6.07) is 8.30. The normalized spacial score (nSPS) is 19.0. The predicted octanol–water partition coefficient (Wildman–Crippen LogP) is 2.55. The molecule has 2 aromatic rings. The van der Waals surface area contributed by atoms with Gasteiger partial charge in [-0.05, 0) is 42.9 Å². The summed E-state index contributed by atoms with van der Waals surface area (Å²) in [5.74, 6) is 0.439. The second kappa shape index (κ2) is 11.0. The summed E-state index contributed by atoms with van der Waals surface area (Å²) >= 11 is 0. The molecule has 210 valence electrons. The Hall–Kier alpha value is -2.39. The van der Waals surface area contributed by atoms with Gasteiger partial charge in [0, 0.05) is 52.4 Å². The number of piperazine rings is 2. The number of benzene rings is 2. The van der Waals surface area contributed by atoms with E-state index in [0.717, 1.165) is 29.0 Å². The highest BCUT2D eigenvalue weighted by Crippen LogP contribution is 2.34. The molecule has 2 fully saturated rings. The summed E-state index contributed by atoms with van der Waals surface area (Å²) < 4.78 is 100. The molecule has 0 aromatic heterocycles. The van der Waals surface area contributed by atoms with Gasteiger partial charge in [0.1, 0.15) is 5.75 Å². The Morgan fingerprint density at radius 3 is 1.87 bits per heavy atom. The van der Waals surface area contributed by atoms with E-state index in [2.05, 4.69) is 4.90 Å². The van der Waals surface area contributed by atoms with E-state index < -0.39 is 36.7 Å². The van der Waals surface area contributed by atoms with Gasteiger partial charge in [-0.2, -0.15) is 21.8 Å². The number of sulfonamides is 2. The van der Waals surface area contributed by atoms with Crippen molar-refractivity contribution in [2.75, 3.05) is 70.9 Å². The number of nitrogens with zero attached hydrogens (tertiary/aromatic N) is 4. The minimum Gasteiger partial charge on any atom is -0.495 e. The van der Waals surface area contributed by atoms with Crippen LogP contribution in [0.4, 0.5) is 18.9 Å². The van der Waals surface area contributed by atoms with Crippen LogP contribution in [0.2, 0.25) is 0 Å². The van der Waals surface area contributed by atoms with Gasteiger partial charge in [0.05, 0.1) is 28.2 Å². The fourth-order valence-corrected chi connectivity index (χ4v) is 7.58. The van der Waals surface area contributed by atoms with Gasteiger partial charge in [0.15, 0.2) is 0 Å². The van der Waals surface area contributed by atoms with Crippen LogP contribution >= 0.6 is 0 Å². The number of hydrogen-bond acceptors (Lipinski definition) is 7. The molecular formula is C24H31F3N4O5S2. The van der Waals surface area contributed by atoms with Crippen molar-refractivity contribution in [3.05, 3.63) is 48.0 Å². The van der Waals surface area contributed by atoms with Gasteiger partial charge >= 0.3 is 6.18 Å². The number of likely N-dealkylation sites (N-methyl/N-ethyl adjacent to an activating group) is 1. The van der Waals surface area contributed by atoms with Crippen LogP contribution in [0.1, 0.15) is 12.5 Å². The summed E-state index contributed by atoms with van der Waals surface area (Å²) in [5.41, 5.74) is -0.520. The minimum atomic E-state index is -4.66. The molecule has 2 aromatic carbocycles. The van der Waals surface area contributed by atoms with E-state index in [1.807, 2.05) is 11.8 Å². The first kappa shape index (κ1) is 28.6. The van der Waals surface area contributed by atoms with Crippen molar-refractivity contribution >= 4 is 25.7 Å². The van der Waals surface area contributed by atoms with Gasteiger partial charge in [0.25, 0.3) is 0 Å². The smallest absolute Gasteiger partial charge is 0.416 e. The number of halogens is 3. The second-order valence-electron chi connectivity index (χ2n) is 9.09. The lowest BCUT2D eigenvalue weighted by molar-refractivity contribution is -0.137. The lowest BCUT2D eigenvalue weighted by atomic mass is 10.2. The first-order chi connectivity index (χ1) is 17.9. The van der Waals surface area contributed by atoms with E-state index in [0.29, 0.717) is 43.7 Å². The van der Waals surface area contributed by atoms with E-state index in [4.69, 9.17) is 4.74 Å². The average Bonchev–Trinajstić information content (AvgIpc) is 2.92. The molecule has 0 amide bonds. The van der Waals surface area contributed by atoms with E-state index in [9.17, 15) is 30.0 Å². The number of anilines is 1. The van der Waals surface area contributed by atoms with Crippen LogP contribution in [-0.2, 0) is 26.2 Å². The van der Waals surface area contributed by atoms with Crippen LogP contribution in [0.15, 0.2) is 52.3 Å². The summed E-state index contributed by atoms with van der Waals surface area (Å²) in [5, 5.41) is 0. The van der Waals surface area contributed by atoms with Crippen molar-refractivity contribution in [3.8, 4) is 5.75 Å². The van der Waals surface area contributed by atoms with E-state index in [-0.39, 0.29) is 31.1 Å². The minimum absolute atomic E-state index is 0.0116. The van der Waals surface area contributed by atoms with Crippen LogP contribution in [0, 0.1) is 0 Å². The first-order valence-electron chi connectivity index (χ1n) is 12.2. The van der Waals surface area contributed by atoms with Crippen LogP contribution in [0.5, 0.6) is 5.75 Å². The standard InChI is InChI=1S/C24H31F3N4O5S2/c1-3-28-9-13-30(14-10-28)38(34,35)21-7-8-23(36-2)22(18-21)29-11-15-31(16-12-29)37(32,33)20-6-4-5-19(17-20)24(25,26)27/h4-8,17-18H,3,9-16H2,1-2H3. The molecule has 0 spiro atoms. The van der Waals surface area contributed by atoms with Crippen LogP contribution in [-0.4, -0.2) is 96.4 Å². The molecule has 9 nitrogen and oxygen atoms in total. The van der Waals surface area contributed by atoms with Crippen LogP contribution in [0.25, 0.3) is 0 Å². The van der Waals surface area contributed by atoms with Crippen molar-refractivity contribution < 1.29 is 34.7 Å². The molecule has 38 heavy (non-hydrogen) atoms. The maximum absolute atomic E-state index is 13.3. The van der Waals surface area contributed by atoms with Gasteiger partial charge in [-0.3, -0.25) is 0 Å². The maximum atomic E-state index is 13.3. The highest BCUT2D eigenvalue weighted by atomic mass is 32.2. The topological polar surface area (TPSA) is 90.5 Å².